The van der Waals surface area contributed by atoms with Crippen molar-refractivity contribution in [3.8, 4) is 11.5 Å². The summed E-state index contributed by atoms with van der Waals surface area (Å²) in [5.41, 5.74) is 3.23. The van der Waals surface area contributed by atoms with Crippen molar-refractivity contribution >= 4 is 17.8 Å². The summed E-state index contributed by atoms with van der Waals surface area (Å²) in [6, 6.07) is 14.0. The molecule has 1 amide bonds. The maximum atomic E-state index is 12.8. The number of carbonyl (C=O) groups is 3. The average Bonchev–Trinajstić information content (AvgIpc) is 2.80. The highest BCUT2D eigenvalue weighted by molar-refractivity contribution is 6.27. The van der Waals surface area contributed by atoms with E-state index in [4.69, 9.17) is 29.3 Å². The number of piperazine rings is 1. The van der Waals surface area contributed by atoms with E-state index in [9.17, 15) is 4.79 Å². The topological polar surface area (TPSA) is 117 Å². The number of carbonyl (C=O) groups excluding carboxylic acids is 1. The van der Waals surface area contributed by atoms with Crippen molar-refractivity contribution in [2.45, 2.75) is 13.5 Å². The summed E-state index contributed by atoms with van der Waals surface area (Å²) in [6.07, 6.45) is 0. The van der Waals surface area contributed by atoms with Crippen molar-refractivity contribution in [3.05, 3.63) is 59.2 Å². The van der Waals surface area contributed by atoms with E-state index >= 15 is 0 Å². The number of ether oxygens (including phenoxy) is 2. The molecule has 3 rings (SSSR count). The molecule has 9 nitrogen and oxygen atoms in total. The van der Waals surface area contributed by atoms with Gasteiger partial charge < -0.3 is 24.6 Å². The van der Waals surface area contributed by atoms with Crippen molar-refractivity contribution in [2.24, 2.45) is 0 Å². The van der Waals surface area contributed by atoms with Crippen molar-refractivity contribution < 1.29 is 34.1 Å². The molecule has 1 aliphatic heterocycles. The Kier molecular flexibility index (Phi) is 9.03. The fourth-order valence-electron chi connectivity index (χ4n) is 3.21. The Balaban J connectivity index is 0.000000534. The predicted octanol–water partition coefficient (Wildman–Crippen LogP) is 2.13. The number of hydrogen-bond donors (Lipinski definition) is 2. The van der Waals surface area contributed by atoms with Crippen LogP contribution < -0.4 is 9.47 Å². The average molecular weight is 444 g/mol. The molecule has 0 unspecified atom stereocenters. The fourth-order valence-corrected chi connectivity index (χ4v) is 3.21. The lowest BCUT2D eigenvalue weighted by Crippen LogP contribution is -2.48. The highest BCUT2D eigenvalue weighted by atomic mass is 16.5. The van der Waals surface area contributed by atoms with E-state index in [-0.39, 0.29) is 5.91 Å². The molecular formula is C23H28N2O7. The highest BCUT2D eigenvalue weighted by Crippen LogP contribution is 2.28. The number of nitrogens with zero attached hydrogens (tertiary/aromatic N) is 2. The number of aryl methyl sites for hydroxylation is 1. The number of amides is 1. The van der Waals surface area contributed by atoms with E-state index in [0.717, 1.165) is 32.7 Å². The van der Waals surface area contributed by atoms with Crippen LogP contribution in [0.15, 0.2) is 42.5 Å². The van der Waals surface area contributed by atoms with Crippen LogP contribution in [-0.2, 0) is 16.1 Å². The first-order chi connectivity index (χ1) is 15.2. The molecule has 0 atom stereocenters. The summed E-state index contributed by atoms with van der Waals surface area (Å²) in [5, 5.41) is 14.8. The number of benzene rings is 2. The number of carboxylic acid groups (broad SMARTS) is 2. The first-order valence-electron chi connectivity index (χ1n) is 10.0. The molecule has 0 spiro atoms. The third-order valence-electron chi connectivity index (χ3n) is 5.00. The van der Waals surface area contributed by atoms with Crippen LogP contribution in [0.3, 0.4) is 0 Å². The summed E-state index contributed by atoms with van der Waals surface area (Å²) >= 11 is 0. The van der Waals surface area contributed by atoms with Gasteiger partial charge in [-0.25, -0.2) is 9.59 Å². The van der Waals surface area contributed by atoms with Crippen LogP contribution in [0.1, 0.15) is 21.5 Å². The maximum absolute atomic E-state index is 12.8. The van der Waals surface area contributed by atoms with Crippen molar-refractivity contribution in [2.75, 3.05) is 40.4 Å². The Morgan fingerprint density at radius 2 is 1.41 bits per heavy atom. The Hall–Kier alpha value is -3.59. The van der Waals surface area contributed by atoms with Gasteiger partial charge in [-0.1, -0.05) is 29.8 Å². The molecule has 2 aromatic carbocycles. The van der Waals surface area contributed by atoms with Gasteiger partial charge in [-0.15, -0.1) is 0 Å². The lowest BCUT2D eigenvalue weighted by atomic mass is 10.1. The van der Waals surface area contributed by atoms with Gasteiger partial charge in [-0.2, -0.15) is 0 Å². The first-order valence-corrected chi connectivity index (χ1v) is 10.0. The Morgan fingerprint density at radius 3 is 1.91 bits per heavy atom. The standard InChI is InChI=1S/C21H26N2O3.C2H2O4/c1-16-4-6-17(7-5-16)15-22-10-12-23(13-11-22)21(24)18-8-9-19(25-2)20(14-18)26-3;3-1(4)2(5)6/h4-9,14H,10-13,15H2,1-3H3;(H,3,4)(H,5,6). The number of methoxy groups -OCH3 is 2. The number of aliphatic carboxylic acids is 2. The molecule has 2 N–H and O–H groups in total. The molecule has 1 saturated heterocycles. The van der Waals surface area contributed by atoms with Crippen LogP contribution in [0, 0.1) is 6.92 Å². The van der Waals surface area contributed by atoms with Crippen LogP contribution >= 0.6 is 0 Å². The first kappa shape index (κ1) is 24.7. The van der Waals surface area contributed by atoms with Gasteiger partial charge in [0, 0.05) is 38.3 Å². The Bertz CT molecular complexity index is 924. The lowest BCUT2D eigenvalue weighted by Gasteiger charge is -2.35. The number of rotatable bonds is 5. The molecular weight excluding hydrogens is 416 g/mol. The SMILES string of the molecule is COc1ccc(C(=O)N2CCN(Cc3ccc(C)cc3)CC2)cc1OC.O=C(O)C(=O)O. The molecule has 0 saturated carbocycles. The monoisotopic (exact) mass is 444 g/mol. The second-order valence-electron chi connectivity index (χ2n) is 7.23. The van der Waals surface area contributed by atoms with E-state index in [1.54, 1.807) is 32.4 Å². The third-order valence-corrected chi connectivity index (χ3v) is 5.00. The molecule has 2 aromatic rings. The molecule has 0 aromatic heterocycles. The molecule has 172 valence electrons. The Labute approximate surface area is 186 Å². The van der Waals surface area contributed by atoms with E-state index in [1.807, 2.05) is 4.90 Å². The molecule has 0 radical (unpaired) electrons. The lowest BCUT2D eigenvalue weighted by molar-refractivity contribution is -0.159. The molecule has 1 aliphatic rings. The normalized spacial score (nSPS) is 13.5. The maximum Gasteiger partial charge on any atom is 0.414 e. The van der Waals surface area contributed by atoms with Crippen molar-refractivity contribution in [3.63, 3.8) is 0 Å². The van der Waals surface area contributed by atoms with E-state index < -0.39 is 11.9 Å². The quantitative estimate of drug-likeness (QED) is 0.674. The summed E-state index contributed by atoms with van der Waals surface area (Å²) in [6.45, 7) is 6.26. The second-order valence-corrected chi connectivity index (χ2v) is 7.23. The van der Waals surface area contributed by atoms with Gasteiger partial charge in [0.25, 0.3) is 5.91 Å². The van der Waals surface area contributed by atoms with Crippen LogP contribution in [-0.4, -0.2) is 78.3 Å². The van der Waals surface area contributed by atoms with Gasteiger partial charge in [0.1, 0.15) is 0 Å². The van der Waals surface area contributed by atoms with E-state index in [2.05, 4.69) is 36.1 Å². The molecule has 1 fully saturated rings. The Morgan fingerprint density at radius 1 is 0.844 bits per heavy atom. The smallest absolute Gasteiger partial charge is 0.414 e. The van der Waals surface area contributed by atoms with Crippen LogP contribution in [0.5, 0.6) is 11.5 Å². The minimum Gasteiger partial charge on any atom is -0.493 e. The minimum atomic E-state index is -1.82. The molecule has 0 bridgehead atoms. The minimum absolute atomic E-state index is 0.0425. The van der Waals surface area contributed by atoms with Crippen LogP contribution in [0.2, 0.25) is 0 Å². The van der Waals surface area contributed by atoms with Crippen molar-refractivity contribution in [1.82, 2.24) is 9.80 Å². The number of hydrogen-bond acceptors (Lipinski definition) is 6. The summed E-state index contributed by atoms with van der Waals surface area (Å²) < 4.78 is 10.5. The van der Waals surface area contributed by atoms with Crippen molar-refractivity contribution in [1.29, 1.82) is 0 Å². The van der Waals surface area contributed by atoms with Gasteiger partial charge >= 0.3 is 11.9 Å². The predicted molar refractivity (Wildman–Crippen MR) is 117 cm³/mol. The molecule has 32 heavy (non-hydrogen) atoms. The molecule has 0 aliphatic carbocycles. The molecule has 1 heterocycles. The van der Waals surface area contributed by atoms with E-state index in [0.29, 0.717) is 17.1 Å². The van der Waals surface area contributed by atoms with Gasteiger partial charge in [-0.3, -0.25) is 9.69 Å². The molecule has 9 heteroatoms. The van der Waals surface area contributed by atoms with Crippen LogP contribution in [0.4, 0.5) is 0 Å². The number of carboxylic acids is 2. The zero-order chi connectivity index (χ0) is 23.7. The third kappa shape index (κ3) is 6.98. The largest absolute Gasteiger partial charge is 0.493 e. The summed E-state index contributed by atoms with van der Waals surface area (Å²) in [7, 11) is 3.17. The van der Waals surface area contributed by atoms with Gasteiger partial charge in [-0.05, 0) is 30.7 Å². The second kappa shape index (κ2) is 11.7. The summed E-state index contributed by atoms with van der Waals surface area (Å²) in [5.74, 6) is -2.39. The summed E-state index contributed by atoms with van der Waals surface area (Å²) in [4.78, 5) is 35.3. The zero-order valence-electron chi connectivity index (χ0n) is 18.4. The van der Waals surface area contributed by atoms with Gasteiger partial charge in [0.15, 0.2) is 11.5 Å². The van der Waals surface area contributed by atoms with Gasteiger partial charge in [0.2, 0.25) is 0 Å². The van der Waals surface area contributed by atoms with Crippen LogP contribution in [0.25, 0.3) is 0 Å². The fraction of sp³-hybridized carbons (Fsp3) is 0.348. The van der Waals surface area contributed by atoms with E-state index in [1.165, 1.54) is 11.1 Å². The zero-order valence-corrected chi connectivity index (χ0v) is 18.4. The highest BCUT2D eigenvalue weighted by Gasteiger charge is 2.23. The van der Waals surface area contributed by atoms with Gasteiger partial charge in [0.05, 0.1) is 14.2 Å².